The summed E-state index contributed by atoms with van der Waals surface area (Å²) < 4.78 is 44.1. The van der Waals surface area contributed by atoms with Crippen molar-refractivity contribution >= 4 is 11.5 Å². The van der Waals surface area contributed by atoms with E-state index in [-0.39, 0.29) is 24.6 Å². The Morgan fingerprint density at radius 3 is 2.55 bits per heavy atom. The van der Waals surface area contributed by atoms with E-state index in [4.69, 9.17) is 4.74 Å². The second-order valence-corrected chi connectivity index (χ2v) is 4.85. The number of hydrogen-bond acceptors (Lipinski definition) is 6. The summed E-state index contributed by atoms with van der Waals surface area (Å²) in [7, 11) is 1.44. The van der Waals surface area contributed by atoms with Gasteiger partial charge < -0.3 is 15.2 Å². The lowest BCUT2D eigenvalue weighted by Crippen LogP contribution is -2.25. The number of fused-ring (bicyclic) bond motifs is 1. The average molecular weight is 319 g/mol. The Morgan fingerprint density at radius 1 is 1.27 bits per heavy atom. The van der Waals surface area contributed by atoms with Gasteiger partial charge in [0, 0.05) is 19.2 Å². The van der Waals surface area contributed by atoms with Gasteiger partial charge in [-0.3, -0.25) is 0 Å². The van der Waals surface area contributed by atoms with Crippen LogP contribution in [0.5, 0.6) is 0 Å². The Balaban J connectivity index is 2.40. The lowest BCUT2D eigenvalue weighted by atomic mass is 10.2. The summed E-state index contributed by atoms with van der Waals surface area (Å²) >= 11 is 0. The third-order valence-electron chi connectivity index (χ3n) is 3.21. The first-order valence-electron chi connectivity index (χ1n) is 6.46. The Morgan fingerprint density at radius 2 is 1.95 bits per heavy atom. The Labute approximate surface area is 124 Å². The largest absolute Gasteiger partial charge is 0.453 e. The zero-order chi connectivity index (χ0) is 16.5. The van der Waals surface area contributed by atoms with Gasteiger partial charge in [-0.1, -0.05) is 0 Å². The fraction of sp³-hybridized carbons (Fsp3) is 0.583. The summed E-state index contributed by atoms with van der Waals surface area (Å²) in [6, 6.07) is 0. The number of aliphatic hydroxyl groups is 1. The summed E-state index contributed by atoms with van der Waals surface area (Å²) in [5.74, 6) is -0.962. The molecule has 10 heteroatoms. The highest BCUT2D eigenvalue weighted by molar-refractivity contribution is 5.58. The van der Waals surface area contributed by atoms with Crippen molar-refractivity contribution in [3.8, 4) is 0 Å². The van der Waals surface area contributed by atoms with E-state index in [1.807, 2.05) is 0 Å². The third-order valence-corrected chi connectivity index (χ3v) is 3.21. The van der Waals surface area contributed by atoms with E-state index in [0.717, 1.165) is 0 Å². The molecule has 122 valence electrons. The molecule has 0 radical (unpaired) electrons. The van der Waals surface area contributed by atoms with E-state index in [0.29, 0.717) is 15.6 Å². The minimum atomic E-state index is -4.65. The number of rotatable bonds is 5. The number of aryl methyl sites for hydroxylation is 1. The third kappa shape index (κ3) is 3.12. The van der Waals surface area contributed by atoms with Crippen molar-refractivity contribution in [3.05, 3.63) is 17.0 Å². The zero-order valence-electron chi connectivity index (χ0n) is 12.3. The van der Waals surface area contributed by atoms with Crippen molar-refractivity contribution in [2.24, 2.45) is 0 Å². The number of nitrogens with one attached hydrogen (secondary N) is 1. The highest BCUT2D eigenvalue weighted by atomic mass is 19.4. The Bertz CT molecular complexity index is 671. The summed E-state index contributed by atoms with van der Waals surface area (Å²) in [5.41, 5.74) is 1.22. The minimum Gasteiger partial charge on any atom is -0.389 e. The van der Waals surface area contributed by atoms with Crippen LogP contribution in [0.3, 0.4) is 0 Å². The molecule has 0 aliphatic rings. The van der Waals surface area contributed by atoms with Crippen molar-refractivity contribution in [2.75, 3.05) is 25.6 Å². The number of nitrogens with zero attached hydrogens (tertiary/aromatic N) is 4. The molecule has 0 aromatic carbocycles. The van der Waals surface area contributed by atoms with Gasteiger partial charge in [0.25, 0.3) is 5.82 Å². The second kappa shape index (κ2) is 6.05. The predicted molar refractivity (Wildman–Crippen MR) is 71.6 cm³/mol. The quantitative estimate of drug-likeness (QED) is 0.861. The second-order valence-electron chi connectivity index (χ2n) is 4.85. The molecule has 2 aromatic heterocycles. The first-order valence-corrected chi connectivity index (χ1v) is 6.46. The number of aromatic nitrogens is 4. The van der Waals surface area contributed by atoms with E-state index in [1.54, 1.807) is 13.8 Å². The van der Waals surface area contributed by atoms with Gasteiger partial charge >= 0.3 is 6.18 Å². The van der Waals surface area contributed by atoms with Gasteiger partial charge in [0.2, 0.25) is 0 Å². The molecule has 2 aromatic rings. The number of anilines is 1. The maximum absolute atomic E-state index is 12.9. The van der Waals surface area contributed by atoms with Crippen molar-refractivity contribution in [2.45, 2.75) is 26.1 Å². The van der Waals surface area contributed by atoms with Gasteiger partial charge in [-0.25, -0.2) is 0 Å². The minimum absolute atomic E-state index is 0.0489. The molecule has 0 saturated heterocycles. The first kappa shape index (κ1) is 16.4. The molecule has 1 atom stereocenters. The van der Waals surface area contributed by atoms with Gasteiger partial charge in [0.1, 0.15) is 5.82 Å². The van der Waals surface area contributed by atoms with Crippen LogP contribution in [0.4, 0.5) is 19.0 Å². The summed E-state index contributed by atoms with van der Waals surface area (Å²) in [6.45, 7) is 3.54. The van der Waals surface area contributed by atoms with E-state index < -0.39 is 18.1 Å². The van der Waals surface area contributed by atoms with Crippen LogP contribution in [-0.2, 0) is 10.9 Å². The van der Waals surface area contributed by atoms with Crippen LogP contribution in [0, 0.1) is 13.8 Å². The molecule has 2 N–H and O–H groups in total. The molecular formula is C12H16F3N5O2. The van der Waals surface area contributed by atoms with Gasteiger partial charge in [-0.05, 0) is 19.4 Å². The normalized spacial score (nSPS) is 13.6. The van der Waals surface area contributed by atoms with Gasteiger partial charge in [-0.2, -0.15) is 17.7 Å². The molecule has 1 unspecified atom stereocenters. The van der Waals surface area contributed by atoms with Crippen LogP contribution in [0.25, 0.3) is 5.65 Å². The zero-order valence-corrected chi connectivity index (χ0v) is 12.3. The number of hydrogen-bond donors (Lipinski definition) is 2. The molecule has 0 aliphatic heterocycles. The molecule has 0 bridgehead atoms. The molecule has 22 heavy (non-hydrogen) atoms. The monoisotopic (exact) mass is 319 g/mol. The van der Waals surface area contributed by atoms with Gasteiger partial charge in [-0.15, -0.1) is 15.3 Å². The standard InChI is InChI=1S/C12H16F3N5O2/c1-6-7(2)10-17-18-11(12(13,14)15)20(10)19-9(6)16-4-8(21)5-22-3/h8,21H,4-5H2,1-3H3,(H,16,19). The summed E-state index contributed by atoms with van der Waals surface area (Å²) in [4.78, 5) is 0. The number of alkyl halides is 3. The lowest BCUT2D eigenvalue weighted by molar-refractivity contribution is -0.146. The van der Waals surface area contributed by atoms with Crippen LogP contribution >= 0.6 is 0 Å². The smallest absolute Gasteiger partial charge is 0.389 e. The van der Waals surface area contributed by atoms with Crippen molar-refractivity contribution in [1.29, 1.82) is 0 Å². The molecule has 7 nitrogen and oxygen atoms in total. The molecule has 0 aliphatic carbocycles. The van der Waals surface area contributed by atoms with Crippen LogP contribution in [0.1, 0.15) is 17.0 Å². The maximum atomic E-state index is 12.9. The molecule has 0 saturated carbocycles. The number of methoxy groups -OCH3 is 1. The maximum Gasteiger partial charge on any atom is 0.453 e. The molecule has 0 amide bonds. The predicted octanol–water partition coefficient (Wildman–Crippen LogP) is 1.18. The van der Waals surface area contributed by atoms with Gasteiger partial charge in [0.05, 0.1) is 12.7 Å². The average Bonchev–Trinajstić information content (AvgIpc) is 2.85. The SMILES string of the molecule is COCC(O)CNc1nn2c(C(F)(F)F)nnc2c(C)c1C. The molecule has 2 heterocycles. The van der Waals surface area contributed by atoms with Crippen molar-refractivity contribution < 1.29 is 23.0 Å². The Hall–Kier alpha value is -1.94. The van der Waals surface area contributed by atoms with Crippen LogP contribution in [0.2, 0.25) is 0 Å². The molecule has 2 rings (SSSR count). The molecule has 0 spiro atoms. The fourth-order valence-electron chi connectivity index (χ4n) is 1.94. The molecular weight excluding hydrogens is 303 g/mol. The topological polar surface area (TPSA) is 84.6 Å². The number of halogens is 3. The highest BCUT2D eigenvalue weighted by Gasteiger charge is 2.38. The van der Waals surface area contributed by atoms with Crippen LogP contribution in [-0.4, -0.2) is 51.3 Å². The van der Waals surface area contributed by atoms with Crippen LogP contribution < -0.4 is 5.32 Å². The van der Waals surface area contributed by atoms with E-state index >= 15 is 0 Å². The first-order chi connectivity index (χ1) is 10.3. The summed E-state index contributed by atoms with van der Waals surface area (Å²) in [6.07, 6.45) is -5.45. The summed E-state index contributed by atoms with van der Waals surface area (Å²) in [5, 5.41) is 23.0. The van der Waals surface area contributed by atoms with E-state index in [2.05, 4.69) is 20.6 Å². The van der Waals surface area contributed by atoms with Crippen LogP contribution in [0.15, 0.2) is 0 Å². The Kier molecular flexibility index (Phi) is 4.52. The molecule has 0 fully saturated rings. The van der Waals surface area contributed by atoms with Crippen molar-refractivity contribution in [1.82, 2.24) is 19.8 Å². The lowest BCUT2D eigenvalue weighted by Gasteiger charge is -2.15. The van der Waals surface area contributed by atoms with Gasteiger partial charge in [0.15, 0.2) is 5.65 Å². The number of aliphatic hydroxyl groups excluding tert-OH is 1. The van der Waals surface area contributed by atoms with E-state index in [1.165, 1.54) is 7.11 Å². The highest BCUT2D eigenvalue weighted by Crippen LogP contribution is 2.29. The van der Waals surface area contributed by atoms with Crippen molar-refractivity contribution in [3.63, 3.8) is 0 Å². The van der Waals surface area contributed by atoms with E-state index in [9.17, 15) is 18.3 Å². The fourth-order valence-corrected chi connectivity index (χ4v) is 1.94. The number of ether oxygens (including phenoxy) is 1.